The van der Waals surface area contributed by atoms with Gasteiger partial charge in [-0.25, -0.2) is 18.4 Å². The number of benzene rings is 3. The normalized spacial score (nSPS) is 18.0. The van der Waals surface area contributed by atoms with Crippen molar-refractivity contribution in [2.45, 2.75) is 62.9 Å². The van der Waals surface area contributed by atoms with Crippen LogP contribution in [0, 0.1) is 0 Å². The van der Waals surface area contributed by atoms with Gasteiger partial charge in [0.15, 0.2) is 0 Å². The van der Waals surface area contributed by atoms with Gasteiger partial charge in [0, 0.05) is 26.0 Å². The van der Waals surface area contributed by atoms with Crippen LogP contribution in [-0.4, -0.2) is 44.9 Å². The number of nitrogens with two attached hydrogens (primary N) is 1. The maximum atomic E-state index is 12.5. The lowest BCUT2D eigenvalue weighted by Gasteiger charge is -2.32. The Bertz CT molecular complexity index is 1490. The Morgan fingerprint density at radius 2 is 1.80 bits per heavy atom. The first-order valence-corrected chi connectivity index (χ1v) is 15.4. The van der Waals surface area contributed by atoms with E-state index in [0.29, 0.717) is 32.7 Å². The third-order valence-corrected chi connectivity index (χ3v) is 8.14. The fourth-order valence-electron chi connectivity index (χ4n) is 4.94. The molecule has 0 radical (unpaired) electrons. The molecule has 2 heterocycles. The molecular weight excluding hydrogens is 544 g/mol. The van der Waals surface area contributed by atoms with Crippen molar-refractivity contribution in [3.63, 3.8) is 0 Å². The van der Waals surface area contributed by atoms with Gasteiger partial charge in [-0.1, -0.05) is 30.3 Å². The number of sulfonamides is 1. The number of carbonyl (C=O) groups is 1. The van der Waals surface area contributed by atoms with Crippen LogP contribution in [0.3, 0.4) is 0 Å². The first-order valence-electron chi connectivity index (χ1n) is 13.8. The van der Waals surface area contributed by atoms with Crippen LogP contribution in [0.5, 0.6) is 11.5 Å². The van der Waals surface area contributed by atoms with Crippen LogP contribution in [0.4, 0.5) is 4.79 Å². The number of unbranched alkanes of at least 4 members (excludes halogenated alkanes) is 1. The largest absolute Gasteiger partial charge is 0.494 e. The minimum atomic E-state index is -3.69. The number of aryl methyl sites for hydroxylation is 1. The number of nitrogens with zero attached hydrogens (tertiary/aromatic N) is 1. The monoisotopic (exact) mass is 580 g/mol. The molecule has 41 heavy (non-hydrogen) atoms. The first-order chi connectivity index (χ1) is 19.6. The molecule has 2 aliphatic heterocycles. The second-order valence-corrected chi connectivity index (χ2v) is 12.4. The van der Waals surface area contributed by atoms with Gasteiger partial charge >= 0.3 is 6.09 Å². The minimum Gasteiger partial charge on any atom is -0.494 e. The van der Waals surface area contributed by atoms with E-state index in [4.69, 9.17) is 24.1 Å². The first kappa shape index (κ1) is 28.9. The average Bonchev–Trinajstić information content (AvgIpc) is 3.31. The van der Waals surface area contributed by atoms with Crippen molar-refractivity contribution in [3.05, 3.63) is 89.0 Å². The van der Waals surface area contributed by atoms with E-state index in [1.807, 2.05) is 62.4 Å². The molecule has 1 saturated heterocycles. The molecule has 5 rings (SSSR count). The molecule has 1 fully saturated rings. The summed E-state index contributed by atoms with van der Waals surface area (Å²) in [4.78, 5) is 14.4. The summed E-state index contributed by atoms with van der Waals surface area (Å²) >= 11 is 0. The van der Waals surface area contributed by atoms with Crippen LogP contribution < -0.4 is 14.6 Å². The van der Waals surface area contributed by atoms with E-state index in [1.165, 1.54) is 6.07 Å². The van der Waals surface area contributed by atoms with Crippen molar-refractivity contribution in [1.29, 1.82) is 0 Å². The lowest BCUT2D eigenvalue weighted by Crippen LogP contribution is -2.35. The summed E-state index contributed by atoms with van der Waals surface area (Å²) in [5.74, 6) is 0.936. The number of rotatable bonds is 11. The van der Waals surface area contributed by atoms with Gasteiger partial charge in [0.05, 0.1) is 24.7 Å². The lowest BCUT2D eigenvalue weighted by molar-refractivity contribution is -0.180. The molecule has 2 N–H and O–H groups in total. The molecule has 3 aromatic carbocycles. The Hall–Kier alpha value is -3.60. The van der Waals surface area contributed by atoms with Crippen molar-refractivity contribution in [2.24, 2.45) is 5.14 Å². The number of amides is 1. The predicted molar refractivity (Wildman–Crippen MR) is 153 cm³/mol. The molecular formula is C31H36N2O7S. The van der Waals surface area contributed by atoms with Crippen LogP contribution in [-0.2, 0) is 38.9 Å². The second-order valence-electron chi connectivity index (χ2n) is 10.9. The molecule has 0 saturated carbocycles. The predicted octanol–water partition coefficient (Wildman–Crippen LogP) is 5.12. The Morgan fingerprint density at radius 1 is 1.00 bits per heavy atom. The van der Waals surface area contributed by atoms with Gasteiger partial charge in [-0.2, -0.15) is 0 Å². The minimum absolute atomic E-state index is 0.137. The summed E-state index contributed by atoms with van der Waals surface area (Å²) in [5, 5.41) is 5.21. The number of hydrogen-bond donors (Lipinski definition) is 1. The lowest BCUT2D eigenvalue weighted by atomic mass is 10.0. The number of primary sulfonamides is 1. The summed E-state index contributed by atoms with van der Waals surface area (Å²) in [6, 6.07) is 20.5. The van der Waals surface area contributed by atoms with Gasteiger partial charge in [0.2, 0.25) is 15.8 Å². The van der Waals surface area contributed by atoms with E-state index in [1.54, 1.807) is 17.0 Å². The van der Waals surface area contributed by atoms with E-state index < -0.39 is 15.8 Å². The highest BCUT2D eigenvalue weighted by Gasteiger charge is 2.33. The Labute approximate surface area is 241 Å². The quantitative estimate of drug-likeness (QED) is 0.313. The zero-order valence-electron chi connectivity index (χ0n) is 23.4. The average molecular weight is 581 g/mol. The maximum absolute atomic E-state index is 12.5. The Morgan fingerprint density at radius 3 is 2.59 bits per heavy atom. The van der Waals surface area contributed by atoms with Gasteiger partial charge < -0.3 is 23.8 Å². The summed E-state index contributed by atoms with van der Waals surface area (Å²) in [5.41, 5.74) is 3.93. The Kier molecular flexibility index (Phi) is 8.53. The topological polar surface area (TPSA) is 117 Å². The summed E-state index contributed by atoms with van der Waals surface area (Å²) in [7, 11) is -3.69. The molecule has 1 atom stereocenters. The molecule has 0 aromatic heterocycles. The van der Waals surface area contributed by atoms with E-state index in [-0.39, 0.29) is 17.1 Å². The fraction of sp³-hybridized carbons (Fsp3) is 0.387. The van der Waals surface area contributed by atoms with Crippen molar-refractivity contribution in [1.82, 2.24) is 4.90 Å². The second kappa shape index (κ2) is 12.1. The number of fused-ring (bicyclic) bond motifs is 1. The van der Waals surface area contributed by atoms with Crippen molar-refractivity contribution < 1.29 is 32.2 Å². The Balaban J connectivity index is 1.04. The van der Waals surface area contributed by atoms with Gasteiger partial charge in [-0.15, -0.1) is 0 Å². The zero-order valence-corrected chi connectivity index (χ0v) is 24.2. The van der Waals surface area contributed by atoms with Gasteiger partial charge in [0.1, 0.15) is 17.6 Å². The van der Waals surface area contributed by atoms with Crippen molar-refractivity contribution in [3.8, 4) is 11.5 Å². The van der Waals surface area contributed by atoms with Crippen LogP contribution in [0.15, 0.2) is 71.6 Å². The van der Waals surface area contributed by atoms with Gasteiger partial charge in [-0.3, -0.25) is 0 Å². The third-order valence-electron chi connectivity index (χ3n) is 7.22. The zero-order chi connectivity index (χ0) is 29.0. The summed E-state index contributed by atoms with van der Waals surface area (Å²) < 4.78 is 46.2. The van der Waals surface area contributed by atoms with Crippen LogP contribution in [0.2, 0.25) is 0 Å². The molecule has 2 aliphatic rings. The van der Waals surface area contributed by atoms with Crippen LogP contribution in [0.25, 0.3) is 0 Å². The van der Waals surface area contributed by atoms with E-state index in [2.05, 4.69) is 0 Å². The highest BCUT2D eigenvalue weighted by Crippen LogP contribution is 2.35. The van der Waals surface area contributed by atoms with E-state index in [9.17, 15) is 13.2 Å². The van der Waals surface area contributed by atoms with Crippen LogP contribution in [0.1, 0.15) is 55.0 Å². The van der Waals surface area contributed by atoms with Gasteiger partial charge in [-0.05, 0) is 78.8 Å². The molecule has 3 aromatic rings. The smallest absolute Gasteiger partial charge is 0.410 e. The SMILES string of the molecule is CC1(C)OCc2cc(C3CN(CCc4ccc(OCCCCc5cccc(S(N)(=O)=O)c5)cc4)C(=O)O3)ccc2O1. The number of cyclic esters (lactones) is 1. The highest BCUT2D eigenvalue weighted by molar-refractivity contribution is 7.89. The highest BCUT2D eigenvalue weighted by atomic mass is 32.2. The molecule has 10 heteroatoms. The molecule has 0 bridgehead atoms. The maximum Gasteiger partial charge on any atom is 0.410 e. The molecule has 0 spiro atoms. The molecule has 1 unspecified atom stereocenters. The fourth-order valence-corrected chi connectivity index (χ4v) is 5.52. The van der Waals surface area contributed by atoms with Crippen molar-refractivity contribution >= 4 is 16.1 Å². The number of carbonyl (C=O) groups excluding carboxylic acids is 1. The van der Waals surface area contributed by atoms with E-state index >= 15 is 0 Å². The van der Waals surface area contributed by atoms with Crippen LogP contribution >= 0.6 is 0 Å². The van der Waals surface area contributed by atoms with Crippen molar-refractivity contribution in [2.75, 3.05) is 19.7 Å². The molecule has 9 nitrogen and oxygen atoms in total. The number of hydrogen-bond acceptors (Lipinski definition) is 7. The standard InChI is InChI=1S/C31H36N2O7S/c1-31(2)38-21-25-19-24(11-14-28(25)40-31)29-20-33(30(34)39-29)16-15-22-9-12-26(13-10-22)37-17-4-3-6-23-7-5-8-27(18-23)41(32,35)36/h5,7-14,18-19,29H,3-4,6,15-17,20-21H2,1-2H3,(H2,32,35,36). The summed E-state index contributed by atoms with van der Waals surface area (Å²) in [6.07, 6.45) is 2.53. The molecule has 218 valence electrons. The van der Waals surface area contributed by atoms with E-state index in [0.717, 1.165) is 53.0 Å². The molecule has 0 aliphatic carbocycles. The number of ether oxygens (including phenoxy) is 4. The molecule has 1 amide bonds. The summed E-state index contributed by atoms with van der Waals surface area (Å²) in [6.45, 7) is 5.85. The third kappa shape index (κ3) is 7.58. The van der Waals surface area contributed by atoms with Gasteiger partial charge in [0.25, 0.3) is 0 Å².